The summed E-state index contributed by atoms with van der Waals surface area (Å²) in [5, 5.41) is 0. The molecule has 7 nitrogen and oxygen atoms in total. The molecule has 0 bridgehead atoms. The summed E-state index contributed by atoms with van der Waals surface area (Å²) in [6.07, 6.45) is -0.341. The molecule has 0 radical (unpaired) electrons. The van der Waals surface area contributed by atoms with E-state index in [1.165, 1.54) is 7.11 Å². The maximum absolute atomic E-state index is 11.6. The maximum atomic E-state index is 11.6. The van der Waals surface area contributed by atoms with E-state index in [0.29, 0.717) is 5.75 Å². The minimum atomic E-state index is -0.862. The number of ether oxygens (including phenoxy) is 4. The molecule has 0 N–H and O–H groups in total. The Balaban J connectivity index is 2.29. The molecule has 1 aromatic rings. The second-order valence-corrected chi connectivity index (χ2v) is 4.36. The molecule has 0 aromatic heterocycles. The van der Waals surface area contributed by atoms with E-state index < -0.39 is 24.5 Å². The van der Waals surface area contributed by atoms with E-state index in [0.717, 1.165) is 0 Å². The lowest BCUT2D eigenvalue weighted by atomic mass is 10.2. The van der Waals surface area contributed by atoms with Crippen molar-refractivity contribution in [2.75, 3.05) is 26.9 Å². The van der Waals surface area contributed by atoms with E-state index in [-0.39, 0.29) is 25.2 Å². The van der Waals surface area contributed by atoms with Crippen LogP contribution < -0.4 is 4.74 Å². The third kappa shape index (κ3) is 7.77. The third-order valence-electron chi connectivity index (χ3n) is 2.49. The summed E-state index contributed by atoms with van der Waals surface area (Å²) in [6.45, 7) is 3.20. The zero-order valence-corrected chi connectivity index (χ0v) is 12.8. The quantitative estimate of drug-likeness (QED) is 0.293. The van der Waals surface area contributed by atoms with Crippen LogP contribution in [-0.2, 0) is 28.6 Å². The summed E-state index contributed by atoms with van der Waals surface area (Å²) in [6, 6.07) is 8.41. The highest BCUT2D eigenvalue weighted by atomic mass is 16.6. The van der Waals surface area contributed by atoms with E-state index in [2.05, 4.69) is 11.3 Å². The van der Waals surface area contributed by atoms with Crippen LogP contribution in [0.4, 0.5) is 0 Å². The number of rotatable bonds is 9. The molecule has 23 heavy (non-hydrogen) atoms. The Morgan fingerprint density at radius 2 is 1.70 bits per heavy atom. The fraction of sp³-hybridized carbons (Fsp3) is 0.312. The van der Waals surface area contributed by atoms with Crippen molar-refractivity contribution >= 4 is 17.9 Å². The van der Waals surface area contributed by atoms with Gasteiger partial charge in [-0.05, 0) is 12.1 Å². The summed E-state index contributed by atoms with van der Waals surface area (Å²) < 4.78 is 19.1. The zero-order chi connectivity index (χ0) is 17.1. The minimum Gasteiger partial charge on any atom is -0.461 e. The zero-order valence-electron chi connectivity index (χ0n) is 12.8. The summed E-state index contributed by atoms with van der Waals surface area (Å²) >= 11 is 0. The molecule has 0 heterocycles. The summed E-state index contributed by atoms with van der Waals surface area (Å²) in [5.74, 6) is -1.87. The molecule has 0 aliphatic rings. The van der Waals surface area contributed by atoms with Gasteiger partial charge >= 0.3 is 17.9 Å². The van der Waals surface area contributed by atoms with Crippen molar-refractivity contribution in [1.29, 1.82) is 0 Å². The van der Waals surface area contributed by atoms with Gasteiger partial charge in [-0.3, -0.25) is 4.79 Å². The van der Waals surface area contributed by atoms with Crippen LogP contribution in [-0.4, -0.2) is 44.8 Å². The van der Waals surface area contributed by atoms with Crippen LogP contribution in [0.15, 0.2) is 42.5 Å². The molecule has 1 rings (SSSR count). The maximum Gasteiger partial charge on any atom is 0.344 e. The first-order valence-electron chi connectivity index (χ1n) is 6.78. The number of hydrogen-bond acceptors (Lipinski definition) is 7. The van der Waals surface area contributed by atoms with E-state index >= 15 is 0 Å². The number of esters is 3. The molecular weight excluding hydrogens is 304 g/mol. The molecule has 0 atom stereocenters. The fourth-order valence-corrected chi connectivity index (χ4v) is 1.41. The normalized spacial score (nSPS) is 9.78. The summed E-state index contributed by atoms with van der Waals surface area (Å²) in [7, 11) is 1.46. The predicted molar refractivity (Wildman–Crippen MR) is 79.6 cm³/mol. The molecule has 0 spiro atoms. The number of para-hydroxylation sites is 1. The second kappa shape index (κ2) is 10.1. The van der Waals surface area contributed by atoms with Gasteiger partial charge in [-0.1, -0.05) is 24.8 Å². The van der Waals surface area contributed by atoms with E-state index in [4.69, 9.17) is 14.2 Å². The number of methoxy groups -OCH3 is 1. The van der Waals surface area contributed by atoms with Crippen molar-refractivity contribution < 1.29 is 33.3 Å². The van der Waals surface area contributed by atoms with Crippen LogP contribution >= 0.6 is 0 Å². The average molecular weight is 322 g/mol. The van der Waals surface area contributed by atoms with Crippen molar-refractivity contribution in [2.45, 2.75) is 6.42 Å². The smallest absolute Gasteiger partial charge is 0.344 e. The molecule has 1 aromatic carbocycles. The molecule has 124 valence electrons. The molecule has 0 fully saturated rings. The topological polar surface area (TPSA) is 88.1 Å². The highest BCUT2D eigenvalue weighted by molar-refractivity contribution is 5.94. The van der Waals surface area contributed by atoms with Gasteiger partial charge in [0.25, 0.3) is 0 Å². The Labute approximate surface area is 133 Å². The Kier molecular flexibility index (Phi) is 8.09. The monoisotopic (exact) mass is 322 g/mol. The molecule has 0 amide bonds. The standard InChI is InChI=1S/C16H18O7/c1-12(10-14(17)23-13-6-4-3-5-7-13)16(19)22-11-15(18)21-9-8-20-2/h3-7H,1,8-11H2,2H3. The molecule has 0 unspecified atom stereocenters. The Bertz CT molecular complexity index is 551. The number of carbonyl (C=O) groups excluding carboxylic acids is 3. The van der Waals surface area contributed by atoms with Gasteiger partial charge in [0, 0.05) is 12.7 Å². The van der Waals surface area contributed by atoms with Gasteiger partial charge in [-0.15, -0.1) is 0 Å². The first-order valence-corrected chi connectivity index (χ1v) is 6.78. The highest BCUT2D eigenvalue weighted by Gasteiger charge is 2.16. The third-order valence-corrected chi connectivity index (χ3v) is 2.49. The van der Waals surface area contributed by atoms with Crippen LogP contribution in [0.2, 0.25) is 0 Å². The fourth-order valence-electron chi connectivity index (χ4n) is 1.41. The van der Waals surface area contributed by atoms with Crippen molar-refractivity contribution in [3.05, 3.63) is 42.5 Å². The Morgan fingerprint density at radius 3 is 2.35 bits per heavy atom. The van der Waals surface area contributed by atoms with Crippen molar-refractivity contribution in [3.8, 4) is 5.75 Å². The van der Waals surface area contributed by atoms with Crippen molar-refractivity contribution in [1.82, 2.24) is 0 Å². The highest BCUT2D eigenvalue weighted by Crippen LogP contribution is 2.11. The van der Waals surface area contributed by atoms with Gasteiger partial charge in [-0.2, -0.15) is 0 Å². The van der Waals surface area contributed by atoms with Gasteiger partial charge in [0.2, 0.25) is 0 Å². The molecule has 7 heteroatoms. The van der Waals surface area contributed by atoms with Crippen molar-refractivity contribution in [3.63, 3.8) is 0 Å². The number of benzene rings is 1. The summed E-state index contributed by atoms with van der Waals surface area (Å²) in [5.41, 5.74) is -0.115. The molecule has 0 saturated heterocycles. The summed E-state index contributed by atoms with van der Waals surface area (Å²) in [4.78, 5) is 34.5. The predicted octanol–water partition coefficient (Wildman–Crippen LogP) is 1.27. The largest absolute Gasteiger partial charge is 0.461 e. The minimum absolute atomic E-state index is 0.0667. The van der Waals surface area contributed by atoms with Crippen LogP contribution in [0, 0.1) is 0 Å². The first-order chi connectivity index (χ1) is 11.0. The molecular formula is C16H18O7. The lowest BCUT2D eigenvalue weighted by Crippen LogP contribution is -2.20. The van der Waals surface area contributed by atoms with Crippen molar-refractivity contribution in [2.24, 2.45) is 0 Å². The van der Waals surface area contributed by atoms with Crippen LogP contribution in [0.3, 0.4) is 0 Å². The van der Waals surface area contributed by atoms with E-state index in [9.17, 15) is 14.4 Å². The lowest BCUT2D eigenvalue weighted by Gasteiger charge is -2.07. The van der Waals surface area contributed by atoms with Gasteiger partial charge in [0.1, 0.15) is 12.4 Å². The molecule has 0 aliphatic heterocycles. The number of carbonyl (C=O) groups is 3. The second-order valence-electron chi connectivity index (χ2n) is 4.36. The van der Waals surface area contributed by atoms with Crippen LogP contribution in [0.25, 0.3) is 0 Å². The van der Waals surface area contributed by atoms with E-state index in [1.54, 1.807) is 30.3 Å². The Morgan fingerprint density at radius 1 is 1.00 bits per heavy atom. The van der Waals surface area contributed by atoms with Gasteiger partial charge in [0.05, 0.1) is 13.0 Å². The molecule has 0 saturated carbocycles. The molecule has 0 aliphatic carbocycles. The Hall–Kier alpha value is -2.67. The van der Waals surface area contributed by atoms with Gasteiger partial charge in [0.15, 0.2) is 6.61 Å². The van der Waals surface area contributed by atoms with Gasteiger partial charge < -0.3 is 18.9 Å². The van der Waals surface area contributed by atoms with Crippen LogP contribution in [0.1, 0.15) is 6.42 Å². The first kappa shape index (κ1) is 18.4. The SMILES string of the molecule is C=C(CC(=O)Oc1ccccc1)C(=O)OCC(=O)OCCOC. The lowest BCUT2D eigenvalue weighted by molar-refractivity contribution is -0.157. The van der Waals surface area contributed by atoms with E-state index in [1.807, 2.05) is 0 Å². The van der Waals surface area contributed by atoms with Gasteiger partial charge in [-0.25, -0.2) is 9.59 Å². The average Bonchev–Trinajstić information content (AvgIpc) is 2.53. The number of hydrogen-bond donors (Lipinski definition) is 0. The van der Waals surface area contributed by atoms with Crippen LogP contribution in [0.5, 0.6) is 5.75 Å².